The first-order chi connectivity index (χ1) is 8.77. The third-order valence-electron chi connectivity index (χ3n) is 3.57. The Kier molecular flexibility index (Phi) is 5.21. The summed E-state index contributed by atoms with van der Waals surface area (Å²) < 4.78 is 5.64. The van der Waals surface area contributed by atoms with Crippen molar-refractivity contribution < 1.29 is 4.74 Å². The fourth-order valence-corrected chi connectivity index (χ4v) is 2.50. The molecule has 2 heteroatoms. The molecule has 0 bridgehead atoms. The molecule has 100 valence electrons. The summed E-state index contributed by atoms with van der Waals surface area (Å²) in [7, 11) is 0. The van der Waals surface area contributed by atoms with Crippen LogP contribution < -0.4 is 5.32 Å². The number of unbranched alkanes of at least 4 members (excludes halogenated alkanes) is 1. The summed E-state index contributed by atoms with van der Waals surface area (Å²) in [5.74, 6) is 0.823. The largest absolute Gasteiger partial charge is 0.375 e. The summed E-state index contributed by atoms with van der Waals surface area (Å²) in [6.07, 6.45) is 3.91. The lowest BCUT2D eigenvalue weighted by Gasteiger charge is -2.26. The Balaban J connectivity index is 1.77. The summed E-state index contributed by atoms with van der Waals surface area (Å²) in [6.45, 7) is 7.25. The molecule has 2 rings (SSSR count). The van der Waals surface area contributed by atoms with E-state index in [0.29, 0.717) is 6.04 Å². The highest BCUT2D eigenvalue weighted by Gasteiger charge is 2.19. The fraction of sp³-hybridized carbons (Fsp3) is 0.625. The van der Waals surface area contributed by atoms with E-state index in [1.807, 2.05) is 0 Å². The SMILES string of the molecule is CC(C)CCCCNC1COCc2ccccc21. The highest BCUT2D eigenvalue weighted by atomic mass is 16.5. The van der Waals surface area contributed by atoms with Crippen molar-refractivity contribution in [3.63, 3.8) is 0 Å². The molecule has 18 heavy (non-hydrogen) atoms. The van der Waals surface area contributed by atoms with Gasteiger partial charge in [0.25, 0.3) is 0 Å². The van der Waals surface area contributed by atoms with Crippen molar-refractivity contribution in [1.29, 1.82) is 0 Å². The summed E-state index contributed by atoms with van der Waals surface area (Å²) in [4.78, 5) is 0. The minimum Gasteiger partial charge on any atom is -0.375 e. The Morgan fingerprint density at radius 3 is 2.94 bits per heavy atom. The topological polar surface area (TPSA) is 21.3 Å². The predicted octanol–water partition coefficient (Wildman–Crippen LogP) is 3.67. The average molecular weight is 247 g/mol. The van der Waals surface area contributed by atoms with Crippen LogP contribution in [0.1, 0.15) is 50.3 Å². The van der Waals surface area contributed by atoms with E-state index in [9.17, 15) is 0 Å². The van der Waals surface area contributed by atoms with Crippen LogP contribution in [0.15, 0.2) is 24.3 Å². The van der Waals surface area contributed by atoms with Crippen LogP contribution >= 0.6 is 0 Å². The molecule has 1 unspecified atom stereocenters. The molecule has 1 aliphatic heterocycles. The lowest BCUT2D eigenvalue weighted by atomic mass is 9.99. The van der Waals surface area contributed by atoms with Crippen LogP contribution in [-0.4, -0.2) is 13.2 Å². The lowest BCUT2D eigenvalue weighted by molar-refractivity contribution is 0.0821. The molecule has 0 aromatic heterocycles. The van der Waals surface area contributed by atoms with Gasteiger partial charge in [0.05, 0.1) is 19.3 Å². The predicted molar refractivity (Wildman–Crippen MR) is 75.5 cm³/mol. The van der Waals surface area contributed by atoms with Gasteiger partial charge in [0.2, 0.25) is 0 Å². The third kappa shape index (κ3) is 3.82. The summed E-state index contributed by atoms with van der Waals surface area (Å²) >= 11 is 0. The molecular weight excluding hydrogens is 222 g/mol. The minimum atomic E-state index is 0.383. The smallest absolute Gasteiger partial charge is 0.0721 e. The highest BCUT2D eigenvalue weighted by molar-refractivity contribution is 5.30. The van der Waals surface area contributed by atoms with Crippen LogP contribution in [-0.2, 0) is 11.3 Å². The maximum absolute atomic E-state index is 5.64. The van der Waals surface area contributed by atoms with Crippen molar-refractivity contribution in [3.8, 4) is 0 Å². The second-order valence-corrected chi connectivity index (χ2v) is 5.61. The number of ether oxygens (including phenoxy) is 1. The van der Waals surface area contributed by atoms with Crippen molar-refractivity contribution in [1.82, 2.24) is 5.32 Å². The molecule has 1 aliphatic rings. The number of fused-ring (bicyclic) bond motifs is 1. The summed E-state index contributed by atoms with van der Waals surface area (Å²) in [6, 6.07) is 8.99. The first kappa shape index (κ1) is 13.6. The molecule has 2 nitrogen and oxygen atoms in total. The Morgan fingerprint density at radius 2 is 2.11 bits per heavy atom. The van der Waals surface area contributed by atoms with Crippen LogP contribution in [0, 0.1) is 5.92 Å². The number of benzene rings is 1. The van der Waals surface area contributed by atoms with E-state index in [1.54, 1.807) is 0 Å². The van der Waals surface area contributed by atoms with Gasteiger partial charge in [-0.2, -0.15) is 0 Å². The molecular formula is C16H25NO. The zero-order chi connectivity index (χ0) is 12.8. The van der Waals surface area contributed by atoms with Gasteiger partial charge < -0.3 is 10.1 Å². The molecule has 0 saturated heterocycles. The summed E-state index contributed by atoms with van der Waals surface area (Å²) in [5.41, 5.74) is 2.76. The van der Waals surface area contributed by atoms with Gasteiger partial charge in [0.1, 0.15) is 0 Å². The average Bonchev–Trinajstić information content (AvgIpc) is 2.38. The van der Waals surface area contributed by atoms with Crippen LogP contribution in [0.5, 0.6) is 0 Å². The van der Waals surface area contributed by atoms with Gasteiger partial charge in [0.15, 0.2) is 0 Å². The summed E-state index contributed by atoms with van der Waals surface area (Å²) in [5, 5.41) is 3.63. The van der Waals surface area contributed by atoms with E-state index in [2.05, 4.69) is 43.4 Å². The van der Waals surface area contributed by atoms with Gasteiger partial charge in [0, 0.05) is 0 Å². The minimum absolute atomic E-state index is 0.383. The maximum Gasteiger partial charge on any atom is 0.0721 e. The standard InChI is InChI=1S/C16H25NO/c1-13(2)7-5-6-10-17-16-12-18-11-14-8-3-4-9-15(14)16/h3-4,8-9,13,16-17H,5-7,10-12H2,1-2H3. The third-order valence-corrected chi connectivity index (χ3v) is 3.57. The zero-order valence-corrected chi connectivity index (χ0v) is 11.6. The molecule has 0 spiro atoms. The van der Waals surface area contributed by atoms with Crippen molar-refractivity contribution in [2.75, 3.05) is 13.2 Å². The number of nitrogens with one attached hydrogen (secondary N) is 1. The van der Waals surface area contributed by atoms with Crippen molar-refractivity contribution >= 4 is 0 Å². The van der Waals surface area contributed by atoms with Crippen molar-refractivity contribution in [3.05, 3.63) is 35.4 Å². The normalized spacial score (nSPS) is 18.9. The Morgan fingerprint density at radius 1 is 1.28 bits per heavy atom. The molecule has 0 fully saturated rings. The zero-order valence-electron chi connectivity index (χ0n) is 11.6. The molecule has 0 amide bonds. The van der Waals surface area contributed by atoms with E-state index >= 15 is 0 Å². The fourth-order valence-electron chi connectivity index (χ4n) is 2.50. The quantitative estimate of drug-likeness (QED) is 0.774. The number of hydrogen-bond donors (Lipinski definition) is 1. The van der Waals surface area contributed by atoms with Gasteiger partial charge in [-0.1, -0.05) is 51.0 Å². The van der Waals surface area contributed by atoms with Crippen molar-refractivity contribution in [2.45, 2.75) is 45.8 Å². The van der Waals surface area contributed by atoms with Gasteiger partial charge >= 0.3 is 0 Å². The van der Waals surface area contributed by atoms with Crippen LogP contribution in [0.3, 0.4) is 0 Å². The first-order valence-electron chi connectivity index (χ1n) is 7.16. The van der Waals surface area contributed by atoms with Gasteiger partial charge in [-0.05, 0) is 30.0 Å². The van der Waals surface area contributed by atoms with Gasteiger partial charge in [-0.3, -0.25) is 0 Å². The first-order valence-corrected chi connectivity index (χ1v) is 7.16. The molecule has 1 aromatic rings. The molecule has 1 atom stereocenters. The van der Waals surface area contributed by atoms with Crippen LogP contribution in [0.4, 0.5) is 0 Å². The van der Waals surface area contributed by atoms with Gasteiger partial charge in [-0.15, -0.1) is 0 Å². The van der Waals surface area contributed by atoms with E-state index < -0.39 is 0 Å². The highest BCUT2D eigenvalue weighted by Crippen LogP contribution is 2.24. The Labute approximate surface area is 111 Å². The second-order valence-electron chi connectivity index (χ2n) is 5.61. The van der Waals surface area contributed by atoms with E-state index in [0.717, 1.165) is 25.7 Å². The van der Waals surface area contributed by atoms with E-state index in [1.165, 1.54) is 30.4 Å². The Bertz CT molecular complexity index is 362. The van der Waals surface area contributed by atoms with Crippen molar-refractivity contribution in [2.24, 2.45) is 5.92 Å². The number of rotatable bonds is 6. The molecule has 1 aromatic carbocycles. The second kappa shape index (κ2) is 6.91. The van der Waals surface area contributed by atoms with E-state index in [-0.39, 0.29) is 0 Å². The lowest BCUT2D eigenvalue weighted by Crippen LogP contribution is -2.30. The maximum atomic E-state index is 5.64. The molecule has 0 radical (unpaired) electrons. The van der Waals surface area contributed by atoms with E-state index in [4.69, 9.17) is 4.74 Å². The van der Waals surface area contributed by atoms with Crippen LogP contribution in [0.2, 0.25) is 0 Å². The molecule has 0 saturated carbocycles. The Hall–Kier alpha value is -0.860. The monoisotopic (exact) mass is 247 g/mol. The molecule has 0 aliphatic carbocycles. The van der Waals surface area contributed by atoms with Crippen LogP contribution in [0.25, 0.3) is 0 Å². The molecule has 1 heterocycles. The number of hydrogen-bond acceptors (Lipinski definition) is 2. The molecule has 1 N–H and O–H groups in total. The van der Waals surface area contributed by atoms with Gasteiger partial charge in [-0.25, -0.2) is 0 Å².